The van der Waals surface area contributed by atoms with Crippen molar-refractivity contribution in [1.82, 2.24) is 5.32 Å². The van der Waals surface area contributed by atoms with Gasteiger partial charge < -0.3 is 11.1 Å². The van der Waals surface area contributed by atoms with Gasteiger partial charge in [-0.05, 0) is 61.0 Å². The van der Waals surface area contributed by atoms with Crippen LogP contribution in [0, 0.1) is 11.3 Å². The van der Waals surface area contributed by atoms with Crippen molar-refractivity contribution in [1.29, 1.82) is 5.41 Å². The highest BCUT2D eigenvalue weighted by Gasteiger charge is 2.16. The predicted molar refractivity (Wildman–Crippen MR) is 112 cm³/mol. The van der Waals surface area contributed by atoms with Crippen molar-refractivity contribution in [3.05, 3.63) is 59.2 Å². The van der Waals surface area contributed by atoms with Crippen LogP contribution in [0.3, 0.4) is 0 Å². The van der Waals surface area contributed by atoms with Gasteiger partial charge >= 0.3 is 0 Å². The molecule has 1 fully saturated rings. The summed E-state index contributed by atoms with van der Waals surface area (Å²) < 4.78 is 0. The second-order valence-electron chi connectivity index (χ2n) is 7.04. The first-order valence-electron chi connectivity index (χ1n) is 9.32. The fourth-order valence-electron chi connectivity index (χ4n) is 3.52. The third-order valence-corrected chi connectivity index (χ3v) is 5.65. The van der Waals surface area contributed by atoms with Crippen molar-refractivity contribution in [2.24, 2.45) is 11.1 Å². The van der Waals surface area contributed by atoms with E-state index >= 15 is 0 Å². The minimum absolute atomic E-state index is 0.110. The highest BCUT2D eigenvalue weighted by Crippen LogP contribution is 2.24. The van der Waals surface area contributed by atoms with Gasteiger partial charge in [0.1, 0.15) is 0 Å². The second kappa shape index (κ2) is 9.06. The number of hydrogen-bond acceptors (Lipinski definition) is 5. The van der Waals surface area contributed by atoms with Gasteiger partial charge in [-0.15, -0.1) is 0 Å². The van der Waals surface area contributed by atoms with E-state index in [1.54, 1.807) is 18.2 Å². The maximum absolute atomic E-state index is 12.6. The van der Waals surface area contributed by atoms with Crippen LogP contribution in [-0.2, 0) is 0 Å². The number of carbonyl (C=O) groups excluding carboxylic acids is 1. The minimum Gasteiger partial charge on any atom is -0.398 e. The third kappa shape index (κ3) is 4.90. The number of anilines is 1. The number of rotatable bonds is 6. The molecule has 1 saturated carbocycles. The average Bonchev–Trinajstić information content (AvgIpc) is 2.72. The van der Waals surface area contributed by atoms with Crippen LogP contribution in [-0.4, -0.2) is 18.2 Å². The highest BCUT2D eigenvalue weighted by molar-refractivity contribution is 7.97. The Morgan fingerprint density at radius 3 is 2.63 bits per heavy atom. The molecule has 142 valence electrons. The molecule has 27 heavy (non-hydrogen) atoms. The van der Waals surface area contributed by atoms with Crippen LogP contribution in [0.5, 0.6) is 0 Å². The number of hydrogen-bond donors (Lipinski definition) is 4. The molecule has 6 heteroatoms. The van der Waals surface area contributed by atoms with E-state index in [0.29, 0.717) is 29.3 Å². The lowest BCUT2D eigenvalue weighted by atomic mass is 9.89. The van der Waals surface area contributed by atoms with E-state index in [4.69, 9.17) is 16.3 Å². The van der Waals surface area contributed by atoms with E-state index in [-0.39, 0.29) is 11.6 Å². The molecular formula is C21H26N4OS. The lowest BCUT2D eigenvalue weighted by Crippen LogP contribution is -2.30. The summed E-state index contributed by atoms with van der Waals surface area (Å²) in [5.41, 5.74) is 8.66. The molecule has 2 aromatic carbocycles. The highest BCUT2D eigenvalue weighted by atomic mass is 32.2. The molecule has 6 N–H and O–H groups in total. The molecule has 0 heterocycles. The average molecular weight is 383 g/mol. The molecule has 2 aromatic rings. The van der Waals surface area contributed by atoms with E-state index < -0.39 is 0 Å². The van der Waals surface area contributed by atoms with Crippen LogP contribution < -0.4 is 16.2 Å². The molecule has 3 rings (SSSR count). The summed E-state index contributed by atoms with van der Waals surface area (Å²) in [4.78, 5) is 13.4. The van der Waals surface area contributed by atoms with Crippen LogP contribution in [0.4, 0.5) is 5.69 Å². The van der Waals surface area contributed by atoms with Crippen LogP contribution in [0.1, 0.15) is 53.6 Å². The number of nitrogens with one attached hydrogen (secondary N) is 2. The molecule has 5 nitrogen and oxygen atoms in total. The summed E-state index contributed by atoms with van der Waals surface area (Å²) >= 11 is 1.14. The van der Waals surface area contributed by atoms with Crippen molar-refractivity contribution >= 4 is 29.3 Å². The van der Waals surface area contributed by atoms with Crippen LogP contribution in [0.2, 0.25) is 0 Å². The van der Waals surface area contributed by atoms with Gasteiger partial charge in [-0.25, -0.2) is 0 Å². The van der Waals surface area contributed by atoms with E-state index in [1.807, 2.05) is 24.3 Å². The zero-order chi connectivity index (χ0) is 19.2. The smallest absolute Gasteiger partial charge is 0.251 e. The summed E-state index contributed by atoms with van der Waals surface area (Å²) in [5, 5.41) is 17.2. The van der Waals surface area contributed by atoms with Gasteiger partial charge in [0.2, 0.25) is 0 Å². The first-order valence-corrected chi connectivity index (χ1v) is 10.2. The van der Waals surface area contributed by atoms with Crippen LogP contribution in [0.25, 0.3) is 0 Å². The van der Waals surface area contributed by atoms with Crippen LogP contribution >= 0.6 is 11.9 Å². The van der Waals surface area contributed by atoms with Gasteiger partial charge in [0, 0.05) is 33.8 Å². The number of amides is 1. The van der Waals surface area contributed by atoms with Gasteiger partial charge in [-0.2, -0.15) is 0 Å². The molecule has 1 aliphatic carbocycles. The fourth-order valence-corrected chi connectivity index (χ4v) is 3.88. The monoisotopic (exact) mass is 382 g/mol. The van der Waals surface area contributed by atoms with Crippen molar-refractivity contribution < 1.29 is 4.79 Å². The third-order valence-electron chi connectivity index (χ3n) is 5.12. The van der Waals surface area contributed by atoms with Crippen molar-refractivity contribution in [3.8, 4) is 0 Å². The summed E-state index contributed by atoms with van der Waals surface area (Å²) in [6, 6.07) is 12.6. The largest absolute Gasteiger partial charge is 0.398 e. The minimum atomic E-state index is -0.110. The lowest BCUT2D eigenvalue weighted by Gasteiger charge is -2.21. The Bertz CT molecular complexity index is 831. The van der Waals surface area contributed by atoms with Gasteiger partial charge in [-0.1, -0.05) is 31.4 Å². The SMILES string of the molecule is N=C(c1cccc(SN)c1)c1cc(C(=O)NCC2CCCCC2)ccc1N. The summed E-state index contributed by atoms with van der Waals surface area (Å²) in [6.45, 7) is 0.714. The van der Waals surface area contributed by atoms with Crippen molar-refractivity contribution in [3.63, 3.8) is 0 Å². The molecular weight excluding hydrogens is 356 g/mol. The predicted octanol–water partition coefficient (Wildman–Crippen LogP) is 3.96. The Hall–Kier alpha value is -2.31. The summed E-state index contributed by atoms with van der Waals surface area (Å²) in [6.07, 6.45) is 6.19. The number of nitrogen functional groups attached to an aromatic ring is 1. The molecule has 1 amide bonds. The molecule has 0 radical (unpaired) electrons. The molecule has 1 aliphatic rings. The van der Waals surface area contributed by atoms with Crippen LogP contribution in [0.15, 0.2) is 47.4 Å². The zero-order valence-corrected chi connectivity index (χ0v) is 16.1. The Balaban J connectivity index is 1.74. The molecule has 0 atom stereocenters. The molecule has 0 unspecified atom stereocenters. The van der Waals surface area contributed by atoms with Crippen molar-refractivity contribution in [2.75, 3.05) is 12.3 Å². The van der Waals surface area contributed by atoms with E-state index in [0.717, 1.165) is 22.4 Å². The van der Waals surface area contributed by atoms with Gasteiger partial charge in [-0.3, -0.25) is 15.3 Å². The normalized spacial score (nSPS) is 14.7. The molecule has 0 aromatic heterocycles. The first-order chi connectivity index (χ1) is 13.1. The van der Waals surface area contributed by atoms with E-state index in [2.05, 4.69) is 5.32 Å². The fraction of sp³-hybridized carbons (Fsp3) is 0.333. The van der Waals surface area contributed by atoms with E-state index in [1.165, 1.54) is 32.1 Å². The topological polar surface area (TPSA) is 105 Å². The van der Waals surface area contributed by atoms with Gasteiger partial charge in [0.05, 0.1) is 5.71 Å². The first kappa shape index (κ1) is 19.5. The maximum Gasteiger partial charge on any atom is 0.251 e. The summed E-state index contributed by atoms with van der Waals surface area (Å²) in [7, 11) is 0. The maximum atomic E-state index is 12.6. The number of nitrogens with two attached hydrogens (primary N) is 2. The van der Waals surface area contributed by atoms with E-state index in [9.17, 15) is 4.79 Å². The molecule has 0 aliphatic heterocycles. The lowest BCUT2D eigenvalue weighted by molar-refractivity contribution is 0.0943. The second-order valence-corrected chi connectivity index (χ2v) is 7.74. The Morgan fingerprint density at radius 2 is 1.89 bits per heavy atom. The number of benzene rings is 2. The Kier molecular flexibility index (Phi) is 6.53. The Morgan fingerprint density at radius 1 is 1.11 bits per heavy atom. The molecule has 0 bridgehead atoms. The molecule has 0 spiro atoms. The van der Waals surface area contributed by atoms with Crippen molar-refractivity contribution in [2.45, 2.75) is 37.0 Å². The molecule has 0 saturated heterocycles. The quantitative estimate of drug-likeness (QED) is 0.345. The number of carbonyl (C=O) groups is 1. The Labute approximate surface area is 164 Å². The standard InChI is InChI=1S/C21H26N4OS/c22-19-10-9-16(21(26)25-13-14-5-2-1-3-6-14)12-18(19)20(23)15-7-4-8-17(11-15)27-24/h4,7-12,14,23H,1-3,5-6,13,22,24H2,(H,25,26). The summed E-state index contributed by atoms with van der Waals surface area (Å²) in [5.74, 6) is 0.464. The van der Waals surface area contributed by atoms with Gasteiger partial charge in [0.25, 0.3) is 5.91 Å². The van der Waals surface area contributed by atoms with Gasteiger partial charge in [0.15, 0.2) is 0 Å². The zero-order valence-electron chi connectivity index (χ0n) is 15.3.